The Morgan fingerprint density at radius 1 is 0.921 bits per heavy atom. The number of phenols is 1. The second-order valence-electron chi connectivity index (χ2n) is 8.71. The highest BCUT2D eigenvalue weighted by Gasteiger charge is 2.22. The number of hydrogen-bond acceptors (Lipinski definition) is 6. The first kappa shape index (κ1) is 24.9. The molecule has 3 aromatic rings. The molecule has 0 aromatic heterocycles. The lowest BCUT2D eigenvalue weighted by molar-refractivity contribution is 0.0697. The van der Waals surface area contributed by atoms with E-state index in [0.29, 0.717) is 51.5 Å². The van der Waals surface area contributed by atoms with Crippen LogP contribution in [0.2, 0.25) is 0 Å². The van der Waals surface area contributed by atoms with Gasteiger partial charge in [0, 0.05) is 47.4 Å². The molecule has 190 valence electrons. The third kappa shape index (κ3) is 5.06. The zero-order valence-corrected chi connectivity index (χ0v) is 20.8. The lowest BCUT2D eigenvalue weighted by Gasteiger charge is -2.18. The third-order valence-corrected chi connectivity index (χ3v) is 6.41. The van der Waals surface area contributed by atoms with Crippen LogP contribution in [0.3, 0.4) is 0 Å². The molecule has 1 aliphatic carbocycles. The van der Waals surface area contributed by atoms with Crippen molar-refractivity contribution in [2.75, 3.05) is 5.32 Å². The standard InChI is InChI=1S/C29H23N3O5S/c30-14-16-1-3-17(4-2-16)15-31-29(38)32-18-5-8-21(24(11-18)28(35)36)27-22-9-6-19(33)12-25(22)37-26-13-20(34)7-10-23(26)27/h1-13,33H,14-15,30H2,(H,35,36)(H2,31,32,38). The number of rotatable bonds is 6. The molecular formula is C29H23N3O5S. The van der Waals surface area contributed by atoms with Crippen molar-refractivity contribution in [3.8, 4) is 28.2 Å². The molecule has 0 unspecified atom stereocenters. The number of carbonyl (C=O) groups is 1. The van der Waals surface area contributed by atoms with E-state index >= 15 is 0 Å². The Balaban J connectivity index is 1.50. The maximum absolute atomic E-state index is 12.4. The maximum Gasteiger partial charge on any atom is 0.336 e. The molecule has 0 saturated heterocycles. The molecule has 9 heteroatoms. The van der Waals surface area contributed by atoms with Crippen molar-refractivity contribution in [1.82, 2.24) is 5.32 Å². The smallest absolute Gasteiger partial charge is 0.336 e. The van der Waals surface area contributed by atoms with E-state index in [1.165, 1.54) is 30.3 Å². The van der Waals surface area contributed by atoms with Gasteiger partial charge in [0.05, 0.1) is 5.56 Å². The van der Waals surface area contributed by atoms with Crippen LogP contribution in [-0.4, -0.2) is 21.3 Å². The van der Waals surface area contributed by atoms with Crippen molar-refractivity contribution in [3.63, 3.8) is 0 Å². The van der Waals surface area contributed by atoms with Gasteiger partial charge >= 0.3 is 5.97 Å². The van der Waals surface area contributed by atoms with Gasteiger partial charge in [0.2, 0.25) is 0 Å². The molecule has 3 aromatic carbocycles. The molecule has 0 bridgehead atoms. The van der Waals surface area contributed by atoms with Crippen LogP contribution in [0, 0.1) is 0 Å². The average molecular weight is 526 g/mol. The number of phenolic OH excluding ortho intramolecular Hbond substituents is 1. The summed E-state index contributed by atoms with van der Waals surface area (Å²) in [4.78, 5) is 24.4. The van der Waals surface area contributed by atoms with Gasteiger partial charge in [-0.2, -0.15) is 0 Å². The van der Waals surface area contributed by atoms with E-state index in [1.807, 2.05) is 24.3 Å². The van der Waals surface area contributed by atoms with Gasteiger partial charge in [0.15, 0.2) is 10.5 Å². The largest absolute Gasteiger partial charge is 0.508 e. The van der Waals surface area contributed by atoms with E-state index in [2.05, 4.69) is 10.6 Å². The van der Waals surface area contributed by atoms with Crippen LogP contribution >= 0.6 is 12.2 Å². The minimum atomic E-state index is -1.14. The molecule has 5 rings (SSSR count). The number of fused-ring (bicyclic) bond motifs is 2. The molecule has 0 atom stereocenters. The SMILES string of the molecule is NCc1ccc(CNC(=S)Nc2ccc(-c3c4ccc(=O)cc-4oc4cc(O)ccc34)c(C(=O)O)c2)cc1. The van der Waals surface area contributed by atoms with Gasteiger partial charge < -0.3 is 31.0 Å². The van der Waals surface area contributed by atoms with Crippen LogP contribution in [0.1, 0.15) is 21.5 Å². The highest BCUT2D eigenvalue weighted by Crippen LogP contribution is 2.42. The minimum Gasteiger partial charge on any atom is -0.508 e. The predicted octanol–water partition coefficient (Wildman–Crippen LogP) is 4.91. The van der Waals surface area contributed by atoms with Crippen molar-refractivity contribution in [1.29, 1.82) is 0 Å². The highest BCUT2D eigenvalue weighted by atomic mass is 32.1. The van der Waals surface area contributed by atoms with Crippen LogP contribution in [0.5, 0.6) is 5.75 Å². The lowest BCUT2D eigenvalue weighted by Crippen LogP contribution is -2.28. The Bertz CT molecular complexity index is 1710. The normalized spacial score (nSPS) is 11.0. The first-order valence-electron chi connectivity index (χ1n) is 11.7. The van der Waals surface area contributed by atoms with Gasteiger partial charge in [-0.1, -0.05) is 30.3 Å². The van der Waals surface area contributed by atoms with Crippen LogP contribution < -0.4 is 21.8 Å². The van der Waals surface area contributed by atoms with E-state index in [0.717, 1.165) is 11.1 Å². The Morgan fingerprint density at radius 3 is 2.39 bits per heavy atom. The molecule has 1 aliphatic heterocycles. The Labute approximate surface area is 222 Å². The number of nitrogens with one attached hydrogen (secondary N) is 2. The molecule has 8 nitrogen and oxygen atoms in total. The highest BCUT2D eigenvalue weighted by molar-refractivity contribution is 7.80. The molecule has 6 N–H and O–H groups in total. The zero-order chi connectivity index (χ0) is 26.8. The third-order valence-electron chi connectivity index (χ3n) is 6.17. The van der Waals surface area contributed by atoms with Crippen LogP contribution in [0.25, 0.3) is 33.4 Å². The number of hydrogen-bond donors (Lipinski definition) is 5. The van der Waals surface area contributed by atoms with Crippen LogP contribution in [0.4, 0.5) is 5.69 Å². The summed E-state index contributed by atoms with van der Waals surface area (Å²) in [5.41, 5.74) is 9.87. The summed E-state index contributed by atoms with van der Waals surface area (Å²) < 4.78 is 5.87. The first-order valence-corrected chi connectivity index (χ1v) is 12.1. The van der Waals surface area contributed by atoms with E-state index in [-0.39, 0.29) is 22.5 Å². The fourth-order valence-electron chi connectivity index (χ4n) is 4.32. The van der Waals surface area contributed by atoms with Crippen LogP contribution in [0.15, 0.2) is 88.1 Å². The fourth-order valence-corrected chi connectivity index (χ4v) is 4.51. The second kappa shape index (κ2) is 10.3. The minimum absolute atomic E-state index is 0.0147. The number of carboxylic acids is 1. The Kier molecular flexibility index (Phi) is 6.78. The van der Waals surface area contributed by atoms with Gasteiger partial charge in [0.1, 0.15) is 17.1 Å². The van der Waals surface area contributed by atoms with Gasteiger partial charge in [-0.3, -0.25) is 4.79 Å². The number of aromatic hydroxyl groups is 1. The summed E-state index contributed by atoms with van der Waals surface area (Å²) in [6.07, 6.45) is 0. The molecule has 0 saturated carbocycles. The van der Waals surface area contributed by atoms with E-state index in [1.54, 1.807) is 24.3 Å². The topological polar surface area (TPSA) is 138 Å². The summed E-state index contributed by atoms with van der Waals surface area (Å²) in [6.45, 7) is 0.960. The van der Waals surface area contributed by atoms with Crippen molar-refractivity contribution in [2.45, 2.75) is 13.1 Å². The summed E-state index contributed by atoms with van der Waals surface area (Å²) in [7, 11) is 0. The summed E-state index contributed by atoms with van der Waals surface area (Å²) in [6, 6.07) is 21.7. The van der Waals surface area contributed by atoms with Gasteiger partial charge in [0.25, 0.3) is 0 Å². The first-order chi connectivity index (χ1) is 18.3. The number of thiocarbonyl (C=S) groups is 1. The molecule has 0 amide bonds. The molecule has 2 aliphatic rings. The van der Waals surface area contributed by atoms with Crippen molar-refractivity contribution >= 4 is 40.0 Å². The number of nitrogens with two attached hydrogens (primary N) is 1. The van der Waals surface area contributed by atoms with E-state index in [9.17, 15) is 19.8 Å². The molecular weight excluding hydrogens is 502 g/mol. The van der Waals surface area contributed by atoms with E-state index in [4.69, 9.17) is 22.4 Å². The van der Waals surface area contributed by atoms with Gasteiger partial charge in [-0.05, 0) is 65.3 Å². The summed E-state index contributed by atoms with van der Waals surface area (Å²) in [5, 5.41) is 27.2. The predicted molar refractivity (Wildman–Crippen MR) is 151 cm³/mol. The number of aromatic carboxylic acids is 1. The van der Waals surface area contributed by atoms with Gasteiger partial charge in [-0.25, -0.2) is 4.79 Å². The number of benzene rings is 4. The number of anilines is 1. The zero-order valence-electron chi connectivity index (χ0n) is 20.0. The van der Waals surface area contributed by atoms with Crippen LogP contribution in [-0.2, 0) is 13.1 Å². The molecule has 1 heterocycles. The monoisotopic (exact) mass is 525 g/mol. The number of carboxylic acid groups (broad SMARTS) is 1. The maximum atomic E-state index is 12.4. The molecule has 38 heavy (non-hydrogen) atoms. The Hall–Kier alpha value is -4.73. The molecule has 0 fully saturated rings. The fraction of sp³-hybridized carbons (Fsp3) is 0.0690. The second-order valence-corrected chi connectivity index (χ2v) is 9.12. The van der Waals surface area contributed by atoms with Crippen molar-refractivity contribution in [2.24, 2.45) is 5.73 Å². The quantitative estimate of drug-likeness (QED) is 0.155. The lowest BCUT2D eigenvalue weighted by atomic mass is 9.90. The molecule has 0 spiro atoms. The van der Waals surface area contributed by atoms with Crippen molar-refractivity contribution < 1.29 is 19.4 Å². The Morgan fingerprint density at radius 2 is 1.66 bits per heavy atom. The van der Waals surface area contributed by atoms with Crippen molar-refractivity contribution in [3.05, 3.63) is 106 Å². The van der Waals surface area contributed by atoms with Gasteiger partial charge in [-0.15, -0.1) is 0 Å². The van der Waals surface area contributed by atoms with E-state index < -0.39 is 5.97 Å². The summed E-state index contributed by atoms with van der Waals surface area (Å²) in [5.74, 6) is -0.864. The average Bonchev–Trinajstić information content (AvgIpc) is 2.90. The molecule has 0 radical (unpaired) electrons. The summed E-state index contributed by atoms with van der Waals surface area (Å²) >= 11 is 5.41.